The molecule has 1 aromatic heterocycles. The highest BCUT2D eigenvalue weighted by atomic mass is 35.5. The number of hydrogen-bond acceptors (Lipinski definition) is 4. The minimum atomic E-state index is -0.409. The molecule has 1 N–H and O–H groups in total. The maximum Gasteiger partial charge on any atom is 0.251 e. The van der Waals surface area contributed by atoms with Gasteiger partial charge in [-0.05, 0) is 54.3 Å². The molecule has 1 amide bonds. The number of rotatable bonds is 4. The summed E-state index contributed by atoms with van der Waals surface area (Å²) < 4.78 is 5.30. The lowest BCUT2D eigenvalue weighted by molar-refractivity contribution is 0.0932. The molecule has 1 atom stereocenters. The van der Waals surface area contributed by atoms with Gasteiger partial charge in [-0.15, -0.1) is 0 Å². The first-order valence-electron chi connectivity index (χ1n) is 8.75. The molecule has 1 heterocycles. The van der Waals surface area contributed by atoms with Crippen molar-refractivity contribution < 1.29 is 9.32 Å². The zero-order valence-electron chi connectivity index (χ0n) is 15.8. The van der Waals surface area contributed by atoms with Crippen molar-refractivity contribution in [1.29, 1.82) is 0 Å². The Balaban J connectivity index is 1.69. The minimum Gasteiger partial charge on any atom is -0.341 e. The maximum atomic E-state index is 12.5. The van der Waals surface area contributed by atoms with Gasteiger partial charge in [0.1, 0.15) is 6.04 Å². The van der Waals surface area contributed by atoms with Gasteiger partial charge < -0.3 is 9.84 Å². The van der Waals surface area contributed by atoms with E-state index in [1.54, 1.807) is 19.1 Å². The van der Waals surface area contributed by atoms with Crippen molar-refractivity contribution in [3.63, 3.8) is 0 Å². The number of nitrogens with zero attached hydrogens (tertiary/aromatic N) is 2. The number of halogens is 1. The van der Waals surface area contributed by atoms with Gasteiger partial charge in [0.25, 0.3) is 5.91 Å². The third-order valence-electron chi connectivity index (χ3n) is 4.28. The van der Waals surface area contributed by atoms with Crippen molar-refractivity contribution in [2.45, 2.75) is 39.2 Å². The summed E-state index contributed by atoms with van der Waals surface area (Å²) in [5, 5.41) is 7.50. The Bertz CT molecular complexity index is 925. The first-order chi connectivity index (χ1) is 12.7. The molecule has 0 fully saturated rings. The third kappa shape index (κ3) is 4.55. The van der Waals surface area contributed by atoms with Gasteiger partial charge >= 0.3 is 0 Å². The second kappa shape index (κ2) is 7.53. The summed E-state index contributed by atoms with van der Waals surface area (Å²) in [6.07, 6.45) is 0. The fourth-order valence-corrected chi connectivity index (χ4v) is 2.72. The van der Waals surface area contributed by atoms with Crippen molar-refractivity contribution in [2.75, 3.05) is 0 Å². The van der Waals surface area contributed by atoms with Crippen LogP contribution in [0.2, 0.25) is 5.02 Å². The predicted molar refractivity (Wildman–Crippen MR) is 106 cm³/mol. The molecular weight excluding hydrogens is 362 g/mol. The van der Waals surface area contributed by atoms with Gasteiger partial charge in [-0.25, -0.2) is 0 Å². The average Bonchev–Trinajstić information content (AvgIpc) is 3.12. The van der Waals surface area contributed by atoms with E-state index in [0.717, 1.165) is 5.56 Å². The first kappa shape index (κ1) is 19.1. The van der Waals surface area contributed by atoms with Crippen LogP contribution in [0.25, 0.3) is 11.4 Å². The van der Waals surface area contributed by atoms with Gasteiger partial charge in [-0.3, -0.25) is 4.79 Å². The van der Waals surface area contributed by atoms with Crippen molar-refractivity contribution in [3.05, 3.63) is 70.6 Å². The average molecular weight is 384 g/mol. The van der Waals surface area contributed by atoms with E-state index in [1.165, 1.54) is 5.56 Å². The summed E-state index contributed by atoms with van der Waals surface area (Å²) in [7, 11) is 0. The van der Waals surface area contributed by atoms with Gasteiger partial charge in [0.05, 0.1) is 0 Å². The Morgan fingerprint density at radius 2 is 1.70 bits per heavy atom. The maximum absolute atomic E-state index is 12.5. The molecule has 0 aliphatic carbocycles. The lowest BCUT2D eigenvalue weighted by atomic mass is 9.86. The predicted octanol–water partition coefficient (Wildman–Crippen LogP) is 5.18. The summed E-state index contributed by atoms with van der Waals surface area (Å²) in [4.78, 5) is 16.9. The second-order valence-electron chi connectivity index (χ2n) is 7.49. The number of carbonyl (C=O) groups is 1. The second-order valence-corrected chi connectivity index (χ2v) is 7.92. The molecule has 2 aromatic carbocycles. The fourth-order valence-electron chi connectivity index (χ4n) is 2.59. The number of nitrogens with one attached hydrogen (secondary N) is 1. The first-order valence-corrected chi connectivity index (χ1v) is 9.13. The molecule has 1 unspecified atom stereocenters. The van der Waals surface area contributed by atoms with Crippen molar-refractivity contribution in [3.8, 4) is 11.4 Å². The van der Waals surface area contributed by atoms with Crippen LogP contribution in [0.4, 0.5) is 0 Å². The van der Waals surface area contributed by atoms with Crippen molar-refractivity contribution >= 4 is 17.5 Å². The largest absolute Gasteiger partial charge is 0.341 e. The van der Waals surface area contributed by atoms with Crippen LogP contribution >= 0.6 is 11.6 Å². The van der Waals surface area contributed by atoms with Crippen LogP contribution in [-0.2, 0) is 5.41 Å². The quantitative estimate of drug-likeness (QED) is 0.674. The summed E-state index contributed by atoms with van der Waals surface area (Å²) >= 11 is 5.89. The topological polar surface area (TPSA) is 68.0 Å². The zero-order chi connectivity index (χ0) is 19.6. The zero-order valence-corrected chi connectivity index (χ0v) is 16.5. The molecule has 0 saturated heterocycles. The van der Waals surface area contributed by atoms with E-state index in [9.17, 15) is 4.79 Å². The number of hydrogen-bond donors (Lipinski definition) is 1. The van der Waals surface area contributed by atoms with E-state index in [4.69, 9.17) is 16.1 Å². The lowest BCUT2D eigenvalue weighted by Crippen LogP contribution is -2.27. The number of benzene rings is 2. The van der Waals surface area contributed by atoms with Crippen molar-refractivity contribution in [2.24, 2.45) is 0 Å². The molecule has 27 heavy (non-hydrogen) atoms. The molecule has 3 aromatic rings. The van der Waals surface area contributed by atoms with Crippen LogP contribution in [0.5, 0.6) is 0 Å². The van der Waals surface area contributed by atoms with Gasteiger partial charge in [-0.2, -0.15) is 4.98 Å². The van der Waals surface area contributed by atoms with E-state index >= 15 is 0 Å². The third-order valence-corrected chi connectivity index (χ3v) is 4.53. The molecule has 0 aliphatic heterocycles. The highest BCUT2D eigenvalue weighted by Crippen LogP contribution is 2.23. The molecule has 0 saturated carbocycles. The smallest absolute Gasteiger partial charge is 0.251 e. The van der Waals surface area contributed by atoms with E-state index in [0.29, 0.717) is 22.3 Å². The van der Waals surface area contributed by atoms with Crippen LogP contribution in [0, 0.1) is 0 Å². The molecular formula is C21H22ClN3O2. The van der Waals surface area contributed by atoms with E-state index in [1.807, 2.05) is 36.4 Å². The monoisotopic (exact) mass is 383 g/mol. The molecule has 5 nitrogen and oxygen atoms in total. The standard InChI is InChI=1S/C21H22ClN3O2/c1-13(20-24-18(25-27-20)14-7-11-17(22)12-8-14)23-19(26)15-5-9-16(10-6-15)21(2,3)4/h5-13H,1-4H3,(H,23,26). The van der Waals surface area contributed by atoms with Crippen LogP contribution < -0.4 is 5.32 Å². The highest BCUT2D eigenvalue weighted by molar-refractivity contribution is 6.30. The Kier molecular flexibility index (Phi) is 5.33. The number of carbonyl (C=O) groups excluding carboxylic acids is 1. The fraction of sp³-hybridized carbons (Fsp3) is 0.286. The van der Waals surface area contributed by atoms with Crippen LogP contribution in [-0.4, -0.2) is 16.0 Å². The molecule has 0 spiro atoms. The van der Waals surface area contributed by atoms with E-state index in [2.05, 4.69) is 36.2 Å². The van der Waals surface area contributed by atoms with Gasteiger partial charge in [0.15, 0.2) is 0 Å². The number of aromatic nitrogens is 2. The normalized spacial score (nSPS) is 12.6. The molecule has 6 heteroatoms. The molecule has 0 aliphatic rings. The van der Waals surface area contributed by atoms with Crippen LogP contribution in [0.1, 0.15) is 55.5 Å². The Morgan fingerprint density at radius 1 is 1.07 bits per heavy atom. The minimum absolute atomic E-state index is 0.0458. The van der Waals surface area contributed by atoms with Crippen LogP contribution in [0.15, 0.2) is 53.1 Å². The lowest BCUT2D eigenvalue weighted by Gasteiger charge is -2.19. The summed E-state index contributed by atoms with van der Waals surface area (Å²) in [5.41, 5.74) is 2.61. The Morgan fingerprint density at radius 3 is 2.30 bits per heavy atom. The van der Waals surface area contributed by atoms with Crippen LogP contribution in [0.3, 0.4) is 0 Å². The molecule has 0 radical (unpaired) electrons. The SMILES string of the molecule is CC(NC(=O)c1ccc(C(C)(C)C)cc1)c1nc(-c2ccc(Cl)cc2)no1. The number of amides is 1. The highest BCUT2D eigenvalue weighted by Gasteiger charge is 2.19. The van der Waals surface area contributed by atoms with Gasteiger partial charge in [0, 0.05) is 16.1 Å². The Hall–Kier alpha value is -2.66. The van der Waals surface area contributed by atoms with Crippen molar-refractivity contribution in [1.82, 2.24) is 15.5 Å². The molecule has 3 rings (SSSR count). The Labute approximate surface area is 163 Å². The van der Waals surface area contributed by atoms with E-state index < -0.39 is 6.04 Å². The van der Waals surface area contributed by atoms with Gasteiger partial charge in [-0.1, -0.05) is 49.7 Å². The molecule has 140 valence electrons. The van der Waals surface area contributed by atoms with Gasteiger partial charge in [0.2, 0.25) is 11.7 Å². The summed E-state index contributed by atoms with van der Waals surface area (Å²) in [6, 6.07) is 14.4. The van der Waals surface area contributed by atoms with E-state index in [-0.39, 0.29) is 11.3 Å². The molecule has 0 bridgehead atoms. The summed E-state index contributed by atoms with van der Waals surface area (Å²) in [5.74, 6) is 0.617. The summed E-state index contributed by atoms with van der Waals surface area (Å²) in [6.45, 7) is 8.22.